The number of nitrogens with zero attached hydrogens (tertiary/aromatic N) is 2. The fourth-order valence-corrected chi connectivity index (χ4v) is 3.17. The molecule has 0 unspecified atom stereocenters. The van der Waals surface area contributed by atoms with Crippen molar-refractivity contribution in [1.29, 1.82) is 0 Å². The highest BCUT2D eigenvalue weighted by atomic mass is 32.2. The van der Waals surface area contributed by atoms with Crippen molar-refractivity contribution in [2.75, 3.05) is 14.1 Å². The molecule has 104 valence electrons. The molecule has 6 heteroatoms. The van der Waals surface area contributed by atoms with Crippen LogP contribution in [0, 0.1) is 6.92 Å². The number of fused-ring (bicyclic) bond motifs is 3. The minimum absolute atomic E-state index is 0.0687. The predicted molar refractivity (Wildman–Crippen MR) is 79.2 cm³/mol. The highest BCUT2D eigenvalue weighted by Crippen LogP contribution is 2.29. The predicted octanol–water partition coefficient (Wildman–Crippen LogP) is 2.27. The standard InChI is InChI=1S/C14H15N3O2S/c1-9-5-4-6-11-14(9)10-7-13(15-8-12(10)16-11)20(18,19)17(2)3/h4-8,16H,1-3H3. The molecule has 0 aliphatic carbocycles. The lowest BCUT2D eigenvalue weighted by Crippen LogP contribution is -2.23. The molecule has 0 saturated heterocycles. The zero-order valence-corrected chi connectivity index (χ0v) is 12.3. The number of aromatic nitrogens is 2. The smallest absolute Gasteiger partial charge is 0.260 e. The molecule has 0 aliphatic heterocycles. The van der Waals surface area contributed by atoms with Crippen LogP contribution in [0.4, 0.5) is 0 Å². The molecule has 0 saturated carbocycles. The zero-order valence-electron chi connectivity index (χ0n) is 11.5. The average molecular weight is 289 g/mol. The first-order valence-electron chi connectivity index (χ1n) is 6.21. The van der Waals surface area contributed by atoms with Gasteiger partial charge in [-0.3, -0.25) is 0 Å². The van der Waals surface area contributed by atoms with E-state index >= 15 is 0 Å². The van der Waals surface area contributed by atoms with Gasteiger partial charge in [-0.2, -0.15) is 0 Å². The summed E-state index contributed by atoms with van der Waals surface area (Å²) in [5, 5.41) is 1.99. The maximum atomic E-state index is 12.2. The molecule has 3 aromatic rings. The Bertz CT molecular complexity index is 911. The Morgan fingerprint density at radius 2 is 1.95 bits per heavy atom. The Kier molecular flexibility index (Phi) is 2.81. The van der Waals surface area contributed by atoms with Crippen molar-refractivity contribution < 1.29 is 8.42 Å². The van der Waals surface area contributed by atoms with Gasteiger partial charge in [0.05, 0.1) is 11.7 Å². The second-order valence-corrected chi connectivity index (χ2v) is 7.08. The SMILES string of the molecule is Cc1cccc2[nH]c3cnc(S(=O)(=O)N(C)C)cc3c12. The lowest BCUT2D eigenvalue weighted by atomic mass is 10.1. The van der Waals surface area contributed by atoms with E-state index in [1.165, 1.54) is 18.4 Å². The number of pyridine rings is 1. The van der Waals surface area contributed by atoms with Crippen LogP contribution in [0.5, 0.6) is 0 Å². The zero-order chi connectivity index (χ0) is 14.5. The van der Waals surface area contributed by atoms with Crippen molar-refractivity contribution >= 4 is 31.8 Å². The summed E-state index contributed by atoms with van der Waals surface area (Å²) in [6.07, 6.45) is 1.57. The van der Waals surface area contributed by atoms with Gasteiger partial charge in [0.15, 0.2) is 5.03 Å². The van der Waals surface area contributed by atoms with E-state index in [4.69, 9.17) is 0 Å². The molecule has 0 bridgehead atoms. The second-order valence-electron chi connectivity index (χ2n) is 4.98. The fourth-order valence-electron chi connectivity index (χ4n) is 2.35. The molecule has 1 N–H and O–H groups in total. The molecule has 2 aromatic heterocycles. The third-order valence-electron chi connectivity index (χ3n) is 3.44. The molecule has 0 radical (unpaired) electrons. The van der Waals surface area contributed by atoms with Gasteiger partial charge in [0.25, 0.3) is 10.0 Å². The largest absolute Gasteiger partial charge is 0.353 e. The van der Waals surface area contributed by atoms with Gasteiger partial charge in [-0.1, -0.05) is 12.1 Å². The number of hydrogen-bond acceptors (Lipinski definition) is 3. The minimum atomic E-state index is -3.52. The lowest BCUT2D eigenvalue weighted by Gasteiger charge is -2.10. The number of nitrogens with one attached hydrogen (secondary N) is 1. The van der Waals surface area contributed by atoms with Crippen LogP contribution in [0.1, 0.15) is 5.56 Å². The molecule has 0 aliphatic rings. The van der Waals surface area contributed by atoms with Crippen LogP contribution in [0.2, 0.25) is 0 Å². The molecule has 5 nitrogen and oxygen atoms in total. The summed E-state index contributed by atoms with van der Waals surface area (Å²) in [6.45, 7) is 2.01. The van der Waals surface area contributed by atoms with E-state index < -0.39 is 10.0 Å². The number of rotatable bonds is 2. The normalized spacial score (nSPS) is 12.6. The Hall–Kier alpha value is -1.92. The van der Waals surface area contributed by atoms with E-state index in [1.807, 2.05) is 25.1 Å². The third kappa shape index (κ3) is 1.80. The van der Waals surface area contributed by atoms with E-state index in [-0.39, 0.29) is 5.03 Å². The van der Waals surface area contributed by atoms with E-state index in [2.05, 4.69) is 9.97 Å². The Morgan fingerprint density at radius 3 is 2.65 bits per heavy atom. The summed E-state index contributed by atoms with van der Waals surface area (Å²) in [5.41, 5.74) is 2.93. The molecule has 2 heterocycles. The third-order valence-corrected chi connectivity index (χ3v) is 5.15. The van der Waals surface area contributed by atoms with Crippen LogP contribution >= 0.6 is 0 Å². The number of aryl methyl sites for hydroxylation is 1. The topological polar surface area (TPSA) is 66.1 Å². The van der Waals surface area contributed by atoms with Crippen molar-refractivity contribution in [2.24, 2.45) is 0 Å². The summed E-state index contributed by atoms with van der Waals surface area (Å²) in [4.78, 5) is 7.32. The molecule has 3 rings (SSSR count). The molecular weight excluding hydrogens is 274 g/mol. The lowest BCUT2D eigenvalue weighted by molar-refractivity contribution is 0.517. The first kappa shape index (κ1) is 13.1. The van der Waals surface area contributed by atoms with E-state index in [0.717, 1.165) is 27.4 Å². The van der Waals surface area contributed by atoms with Crippen molar-refractivity contribution in [3.05, 3.63) is 36.0 Å². The summed E-state index contributed by atoms with van der Waals surface area (Å²) in [7, 11) is -0.516. The molecule has 0 amide bonds. The van der Waals surface area contributed by atoms with Crippen molar-refractivity contribution in [1.82, 2.24) is 14.3 Å². The molecule has 0 fully saturated rings. The molecule has 1 aromatic carbocycles. The molecule has 0 spiro atoms. The number of H-pyrrole nitrogens is 1. The second kappa shape index (κ2) is 4.29. The molecule has 20 heavy (non-hydrogen) atoms. The Balaban J connectivity index is 2.39. The fraction of sp³-hybridized carbons (Fsp3) is 0.214. The molecule has 0 atom stereocenters. The maximum Gasteiger partial charge on any atom is 0.260 e. The average Bonchev–Trinajstić information content (AvgIpc) is 2.77. The number of aromatic amines is 1. The highest BCUT2D eigenvalue weighted by Gasteiger charge is 2.20. The van der Waals surface area contributed by atoms with Gasteiger partial charge in [-0.15, -0.1) is 0 Å². The first-order chi connectivity index (χ1) is 9.41. The van der Waals surface area contributed by atoms with Crippen molar-refractivity contribution in [3.63, 3.8) is 0 Å². The van der Waals surface area contributed by atoms with Gasteiger partial charge in [-0.25, -0.2) is 17.7 Å². The molecular formula is C14H15N3O2S. The van der Waals surface area contributed by atoms with Crippen molar-refractivity contribution in [3.8, 4) is 0 Å². The number of benzene rings is 1. The van der Waals surface area contributed by atoms with Crippen LogP contribution < -0.4 is 0 Å². The van der Waals surface area contributed by atoms with E-state index in [9.17, 15) is 8.42 Å². The van der Waals surface area contributed by atoms with Gasteiger partial charge in [0.2, 0.25) is 0 Å². The Morgan fingerprint density at radius 1 is 1.20 bits per heavy atom. The maximum absolute atomic E-state index is 12.2. The van der Waals surface area contributed by atoms with E-state index in [0.29, 0.717) is 0 Å². The van der Waals surface area contributed by atoms with Gasteiger partial charge in [0, 0.05) is 30.4 Å². The van der Waals surface area contributed by atoms with Crippen LogP contribution in [0.15, 0.2) is 35.5 Å². The number of hydrogen-bond donors (Lipinski definition) is 1. The van der Waals surface area contributed by atoms with Crippen LogP contribution in [-0.4, -0.2) is 36.8 Å². The van der Waals surface area contributed by atoms with Gasteiger partial charge in [-0.05, 0) is 24.6 Å². The van der Waals surface area contributed by atoms with Crippen LogP contribution in [0.25, 0.3) is 21.8 Å². The summed E-state index contributed by atoms with van der Waals surface area (Å²) >= 11 is 0. The van der Waals surface area contributed by atoms with Crippen LogP contribution in [-0.2, 0) is 10.0 Å². The summed E-state index contributed by atoms with van der Waals surface area (Å²) in [5.74, 6) is 0. The summed E-state index contributed by atoms with van der Waals surface area (Å²) < 4.78 is 25.5. The van der Waals surface area contributed by atoms with Gasteiger partial charge >= 0.3 is 0 Å². The van der Waals surface area contributed by atoms with Gasteiger partial charge < -0.3 is 4.98 Å². The van der Waals surface area contributed by atoms with Gasteiger partial charge in [0.1, 0.15) is 0 Å². The van der Waals surface area contributed by atoms with Crippen molar-refractivity contribution in [2.45, 2.75) is 11.9 Å². The first-order valence-corrected chi connectivity index (χ1v) is 7.65. The summed E-state index contributed by atoms with van der Waals surface area (Å²) in [6, 6.07) is 7.59. The van der Waals surface area contributed by atoms with E-state index in [1.54, 1.807) is 12.3 Å². The monoisotopic (exact) mass is 289 g/mol. The highest BCUT2D eigenvalue weighted by molar-refractivity contribution is 7.89. The number of sulfonamides is 1. The van der Waals surface area contributed by atoms with Crippen LogP contribution in [0.3, 0.4) is 0 Å². The Labute approximate surface area is 117 Å². The minimum Gasteiger partial charge on any atom is -0.353 e. The quantitative estimate of drug-likeness (QED) is 0.787.